The molecule has 0 saturated carbocycles. The lowest BCUT2D eigenvalue weighted by Gasteiger charge is -2.10. The SMILES string of the molecule is c1ccc(-c2cccc(-c3cccc4oc5cc(-c6nc(-c7ccccc7)nc(-c7cccc8oc9cc(-n%10c%11ccccc%11c%11ccccc%11%10)ccc9c78)n6)ccc5c34)c2)cc1. The second kappa shape index (κ2) is 14.0. The summed E-state index contributed by atoms with van der Waals surface area (Å²) in [6, 6.07) is 71.5. The van der Waals surface area contributed by atoms with E-state index < -0.39 is 0 Å². The van der Waals surface area contributed by atoms with Gasteiger partial charge in [-0.1, -0.05) is 146 Å². The lowest BCUT2D eigenvalue weighted by molar-refractivity contribution is 0.668. The van der Waals surface area contributed by atoms with Gasteiger partial charge in [0.2, 0.25) is 0 Å². The van der Waals surface area contributed by atoms with Crippen LogP contribution in [0.4, 0.5) is 0 Å². The maximum Gasteiger partial charge on any atom is 0.164 e. The van der Waals surface area contributed by atoms with Gasteiger partial charge in [0.1, 0.15) is 22.3 Å². The van der Waals surface area contributed by atoms with Gasteiger partial charge >= 0.3 is 0 Å². The second-order valence-electron chi connectivity index (χ2n) is 15.9. The van der Waals surface area contributed by atoms with Crippen LogP contribution in [0.2, 0.25) is 0 Å². The van der Waals surface area contributed by atoms with Crippen LogP contribution < -0.4 is 0 Å². The number of fused-ring (bicyclic) bond motifs is 9. The van der Waals surface area contributed by atoms with Crippen molar-refractivity contribution < 1.29 is 8.83 Å². The molecule has 0 unspecified atom stereocenters. The van der Waals surface area contributed by atoms with Gasteiger partial charge in [0.05, 0.1) is 11.0 Å². The van der Waals surface area contributed by atoms with Crippen molar-refractivity contribution in [3.63, 3.8) is 0 Å². The number of hydrogen-bond donors (Lipinski definition) is 0. The summed E-state index contributed by atoms with van der Waals surface area (Å²) < 4.78 is 15.6. The van der Waals surface area contributed by atoms with Crippen LogP contribution in [-0.2, 0) is 0 Å². The molecule has 13 rings (SSSR count). The van der Waals surface area contributed by atoms with Crippen molar-refractivity contribution in [1.29, 1.82) is 0 Å². The van der Waals surface area contributed by atoms with Crippen LogP contribution in [0.15, 0.2) is 215 Å². The monoisotopic (exact) mass is 806 g/mol. The molecule has 0 aliphatic rings. The summed E-state index contributed by atoms with van der Waals surface area (Å²) >= 11 is 0. The smallest absolute Gasteiger partial charge is 0.164 e. The normalized spacial score (nSPS) is 11.8. The van der Waals surface area contributed by atoms with Crippen LogP contribution in [0.25, 0.3) is 128 Å². The molecule has 0 fully saturated rings. The molecule has 0 N–H and O–H groups in total. The minimum absolute atomic E-state index is 0.551. The minimum atomic E-state index is 0.551. The highest BCUT2D eigenvalue weighted by atomic mass is 16.3. The van der Waals surface area contributed by atoms with Crippen molar-refractivity contribution in [3.05, 3.63) is 206 Å². The number of hydrogen-bond acceptors (Lipinski definition) is 5. The van der Waals surface area contributed by atoms with E-state index in [1.807, 2.05) is 54.6 Å². The summed E-state index contributed by atoms with van der Waals surface area (Å²) in [5, 5.41) is 6.48. The van der Waals surface area contributed by atoms with E-state index in [2.05, 4.69) is 156 Å². The van der Waals surface area contributed by atoms with Crippen LogP contribution in [0, 0.1) is 0 Å². The van der Waals surface area contributed by atoms with Gasteiger partial charge in [0.25, 0.3) is 0 Å². The first-order valence-electron chi connectivity index (χ1n) is 21.1. The number of para-hydroxylation sites is 2. The molecule has 4 aromatic heterocycles. The van der Waals surface area contributed by atoms with Crippen molar-refractivity contribution in [3.8, 4) is 62.1 Å². The van der Waals surface area contributed by atoms with E-state index >= 15 is 0 Å². The molecule has 0 bridgehead atoms. The minimum Gasteiger partial charge on any atom is -0.456 e. The van der Waals surface area contributed by atoms with Gasteiger partial charge in [0, 0.05) is 60.8 Å². The zero-order valence-corrected chi connectivity index (χ0v) is 33.7. The summed E-state index contributed by atoms with van der Waals surface area (Å²) in [6.07, 6.45) is 0. The largest absolute Gasteiger partial charge is 0.456 e. The fourth-order valence-corrected chi connectivity index (χ4v) is 9.38. The molecule has 63 heavy (non-hydrogen) atoms. The van der Waals surface area contributed by atoms with E-state index in [0.717, 1.165) is 88.4 Å². The molecular formula is C57H34N4O2. The first-order chi connectivity index (χ1) is 31.2. The third kappa shape index (κ3) is 5.69. The van der Waals surface area contributed by atoms with E-state index in [0.29, 0.717) is 17.5 Å². The Morgan fingerprint density at radius 3 is 1.54 bits per heavy atom. The zero-order chi connectivity index (χ0) is 41.4. The highest BCUT2D eigenvalue weighted by Gasteiger charge is 2.21. The number of aromatic nitrogens is 4. The number of furan rings is 2. The van der Waals surface area contributed by atoms with Crippen LogP contribution in [0.1, 0.15) is 0 Å². The Morgan fingerprint density at radius 2 is 0.825 bits per heavy atom. The number of nitrogens with zero attached hydrogens (tertiary/aromatic N) is 4. The van der Waals surface area contributed by atoms with E-state index in [1.54, 1.807) is 0 Å². The van der Waals surface area contributed by atoms with Gasteiger partial charge in [-0.3, -0.25) is 0 Å². The predicted octanol–water partition coefficient (Wildman–Crippen LogP) is 15.1. The van der Waals surface area contributed by atoms with Crippen LogP contribution >= 0.6 is 0 Å². The second-order valence-corrected chi connectivity index (χ2v) is 15.9. The topological polar surface area (TPSA) is 69.9 Å². The van der Waals surface area contributed by atoms with Crippen molar-refractivity contribution in [2.24, 2.45) is 0 Å². The quantitative estimate of drug-likeness (QED) is 0.167. The molecule has 0 atom stereocenters. The molecule has 0 radical (unpaired) electrons. The third-order valence-corrected chi connectivity index (χ3v) is 12.3. The Morgan fingerprint density at radius 1 is 0.302 bits per heavy atom. The maximum atomic E-state index is 6.66. The Hall–Kier alpha value is -8.61. The van der Waals surface area contributed by atoms with E-state index in [-0.39, 0.29) is 0 Å². The van der Waals surface area contributed by atoms with Crippen molar-refractivity contribution >= 4 is 65.7 Å². The van der Waals surface area contributed by atoms with Crippen molar-refractivity contribution in [2.45, 2.75) is 0 Å². The van der Waals surface area contributed by atoms with Crippen molar-refractivity contribution in [2.75, 3.05) is 0 Å². The lowest BCUT2D eigenvalue weighted by Crippen LogP contribution is -2.00. The van der Waals surface area contributed by atoms with E-state index in [4.69, 9.17) is 23.8 Å². The molecule has 6 heteroatoms. The summed E-state index contributed by atoms with van der Waals surface area (Å²) in [7, 11) is 0. The number of benzene rings is 9. The average Bonchev–Trinajstić information content (AvgIpc) is 4.03. The fourth-order valence-electron chi connectivity index (χ4n) is 9.38. The summed E-state index contributed by atoms with van der Waals surface area (Å²) in [6.45, 7) is 0. The molecular weight excluding hydrogens is 773 g/mol. The third-order valence-electron chi connectivity index (χ3n) is 12.3. The first kappa shape index (κ1) is 35.2. The Labute approximate surface area is 361 Å². The maximum absolute atomic E-state index is 6.66. The van der Waals surface area contributed by atoms with Gasteiger partial charge in [0.15, 0.2) is 17.5 Å². The number of rotatable bonds is 6. The summed E-state index contributed by atoms with van der Waals surface area (Å²) in [5.74, 6) is 1.69. The average molecular weight is 807 g/mol. The lowest BCUT2D eigenvalue weighted by atomic mass is 9.96. The Kier molecular flexibility index (Phi) is 7.80. The van der Waals surface area contributed by atoms with Gasteiger partial charge in [-0.15, -0.1) is 0 Å². The highest BCUT2D eigenvalue weighted by molar-refractivity contribution is 6.15. The van der Waals surface area contributed by atoms with E-state index in [1.165, 1.54) is 21.9 Å². The summed E-state index contributed by atoms with van der Waals surface area (Å²) in [4.78, 5) is 15.5. The zero-order valence-electron chi connectivity index (χ0n) is 33.7. The van der Waals surface area contributed by atoms with Crippen LogP contribution in [0.3, 0.4) is 0 Å². The van der Waals surface area contributed by atoms with Gasteiger partial charge < -0.3 is 13.4 Å². The Balaban J connectivity index is 0.952. The first-order valence-corrected chi connectivity index (χ1v) is 21.1. The molecule has 9 aromatic carbocycles. The molecule has 0 saturated heterocycles. The molecule has 6 nitrogen and oxygen atoms in total. The van der Waals surface area contributed by atoms with Crippen molar-refractivity contribution in [1.82, 2.24) is 19.5 Å². The van der Waals surface area contributed by atoms with E-state index in [9.17, 15) is 0 Å². The fraction of sp³-hybridized carbons (Fsp3) is 0. The highest BCUT2D eigenvalue weighted by Crippen LogP contribution is 2.41. The standard InChI is InChI=1S/C57H34N4O2/c1-3-14-35(15-4-1)37-18-11-19-38(32-37)41-22-12-26-49-53(41)44-30-28-39(33-51(44)62-49)56-58-55(36-16-5-2-6-17-36)59-57(60-56)46-23-13-27-50-54(46)45-31-29-40(34-52(45)63-50)61-47-24-9-7-20-42(47)43-21-8-10-25-48(43)61/h1-34H. The summed E-state index contributed by atoms with van der Waals surface area (Å²) in [5.41, 5.74) is 13.7. The Bertz CT molecular complexity index is 3870. The molecule has 13 aromatic rings. The van der Waals surface area contributed by atoms with Gasteiger partial charge in [-0.05, 0) is 76.9 Å². The van der Waals surface area contributed by atoms with Gasteiger partial charge in [-0.25, -0.2) is 15.0 Å². The molecule has 0 aliphatic carbocycles. The van der Waals surface area contributed by atoms with Crippen LogP contribution in [-0.4, -0.2) is 19.5 Å². The van der Waals surface area contributed by atoms with Crippen LogP contribution in [0.5, 0.6) is 0 Å². The molecule has 4 heterocycles. The van der Waals surface area contributed by atoms with Gasteiger partial charge in [-0.2, -0.15) is 0 Å². The molecule has 0 amide bonds. The molecule has 294 valence electrons. The predicted molar refractivity (Wildman–Crippen MR) is 256 cm³/mol. The molecule has 0 spiro atoms. The molecule has 0 aliphatic heterocycles.